The number of para-hydroxylation sites is 1. The Labute approximate surface area is 332 Å². The van der Waals surface area contributed by atoms with E-state index in [4.69, 9.17) is 27.0 Å². The number of ether oxygens (including phenoxy) is 1. The second-order valence-corrected chi connectivity index (χ2v) is 13.7. The van der Waals surface area contributed by atoms with Crippen LogP contribution in [0.4, 0.5) is 0 Å². The highest BCUT2D eigenvalue weighted by Crippen LogP contribution is 2.62. The SMILES string of the molecule is [2H]c1c([2H])c([2H])c(-c2nc(-c3ccc4c(c3)C3(c5ccccc5Oc5c3ccc3ccccc53)c3ccccc3-c3ccccc3-4)nc(-c3c([2H])c([2H])c([2H])c(C)c3[2H])n2)c([2H])c1[2H]. The van der Waals surface area contributed by atoms with E-state index in [1.165, 1.54) is 6.92 Å². The van der Waals surface area contributed by atoms with E-state index in [9.17, 15) is 0 Å². The standard InChI is InChI=1S/C51H33N3O/c1-32-14-13-18-35(30-32)49-52-48(34-16-3-2-4-17-34)53-50(54-49)36-26-28-41-39-21-8-7-20-38(39)40-22-9-10-23-42(40)51(45(41)31-36)43-24-11-12-25-46(43)55-47-37-19-6-5-15-33(37)27-29-44(47)51/h2-31H,1H3/i2D,3D,4D,13D,14D,16D,17D,18D,30D. The third-order valence-electron chi connectivity index (χ3n) is 10.6. The fourth-order valence-corrected chi connectivity index (χ4v) is 8.36. The minimum atomic E-state index is -1.02. The van der Waals surface area contributed by atoms with Crippen LogP contribution < -0.4 is 4.74 Å². The molecule has 1 spiro atoms. The number of nitrogens with zero attached hydrogens (tertiary/aromatic N) is 3. The van der Waals surface area contributed by atoms with E-state index in [2.05, 4.69) is 59.6 Å². The van der Waals surface area contributed by atoms with Gasteiger partial charge in [0, 0.05) is 33.2 Å². The summed E-state index contributed by atoms with van der Waals surface area (Å²) in [6.45, 7) is 1.51. The lowest BCUT2D eigenvalue weighted by atomic mass is 9.61. The first-order chi connectivity index (χ1) is 30.9. The van der Waals surface area contributed by atoms with Crippen molar-refractivity contribution in [2.45, 2.75) is 12.3 Å². The van der Waals surface area contributed by atoms with Crippen LogP contribution in [0, 0.1) is 6.92 Å². The van der Waals surface area contributed by atoms with Crippen molar-refractivity contribution >= 4 is 10.8 Å². The molecule has 55 heavy (non-hydrogen) atoms. The summed E-state index contributed by atoms with van der Waals surface area (Å²) in [7, 11) is 0. The topological polar surface area (TPSA) is 47.9 Å². The highest BCUT2D eigenvalue weighted by molar-refractivity contribution is 5.97. The van der Waals surface area contributed by atoms with Crippen LogP contribution >= 0.6 is 0 Å². The van der Waals surface area contributed by atoms with Crippen molar-refractivity contribution in [1.29, 1.82) is 0 Å². The summed E-state index contributed by atoms with van der Waals surface area (Å²) in [5, 5.41) is 1.95. The van der Waals surface area contributed by atoms with Crippen LogP contribution in [0.2, 0.25) is 0 Å². The van der Waals surface area contributed by atoms with E-state index in [0.29, 0.717) is 17.1 Å². The van der Waals surface area contributed by atoms with Crippen molar-refractivity contribution in [3.8, 4) is 67.9 Å². The van der Waals surface area contributed by atoms with Crippen molar-refractivity contribution in [2.75, 3.05) is 0 Å². The van der Waals surface area contributed by atoms with Crippen molar-refractivity contribution in [1.82, 2.24) is 15.0 Å². The molecule has 4 heteroatoms. The van der Waals surface area contributed by atoms with Gasteiger partial charge in [-0.3, -0.25) is 0 Å². The average molecular weight is 713 g/mol. The molecule has 9 aromatic rings. The van der Waals surface area contributed by atoms with Crippen molar-refractivity contribution in [3.05, 3.63) is 210 Å². The largest absolute Gasteiger partial charge is 0.456 e. The first kappa shape index (κ1) is 23.5. The van der Waals surface area contributed by atoms with E-state index >= 15 is 0 Å². The lowest BCUT2D eigenvalue weighted by molar-refractivity contribution is 0.440. The Morgan fingerprint density at radius 3 is 1.95 bits per heavy atom. The summed E-state index contributed by atoms with van der Waals surface area (Å²) in [6, 6.07) is 38.8. The molecule has 0 radical (unpaired) electrons. The lowest BCUT2D eigenvalue weighted by Gasteiger charge is -2.42. The third kappa shape index (κ3) is 4.75. The molecule has 2 aliphatic rings. The molecule has 1 aliphatic carbocycles. The van der Waals surface area contributed by atoms with Gasteiger partial charge in [0.25, 0.3) is 0 Å². The predicted octanol–water partition coefficient (Wildman–Crippen LogP) is 12.5. The zero-order valence-electron chi connectivity index (χ0n) is 38.4. The van der Waals surface area contributed by atoms with Gasteiger partial charge < -0.3 is 4.74 Å². The molecule has 2 heterocycles. The Morgan fingerprint density at radius 2 is 1.13 bits per heavy atom. The van der Waals surface area contributed by atoms with Crippen LogP contribution in [0.25, 0.3) is 67.2 Å². The van der Waals surface area contributed by atoms with Crippen LogP contribution in [0.1, 0.15) is 40.2 Å². The van der Waals surface area contributed by atoms with Gasteiger partial charge in [0.05, 0.1) is 17.8 Å². The van der Waals surface area contributed by atoms with Crippen molar-refractivity contribution < 1.29 is 17.1 Å². The second-order valence-electron chi connectivity index (χ2n) is 13.7. The first-order valence-corrected chi connectivity index (χ1v) is 18.0. The molecule has 0 bridgehead atoms. The average Bonchev–Trinajstić information content (AvgIpc) is 3.43. The molecular formula is C51H33N3O. The zero-order chi connectivity index (χ0) is 44.3. The normalized spacial score (nSPS) is 17.1. The number of hydrogen-bond acceptors (Lipinski definition) is 4. The molecule has 1 aliphatic heterocycles. The van der Waals surface area contributed by atoms with Crippen molar-refractivity contribution in [2.24, 2.45) is 0 Å². The molecule has 258 valence electrons. The lowest BCUT2D eigenvalue weighted by Crippen LogP contribution is -2.35. The number of aromatic nitrogens is 3. The van der Waals surface area contributed by atoms with E-state index in [0.717, 1.165) is 55.3 Å². The van der Waals surface area contributed by atoms with Crippen molar-refractivity contribution in [3.63, 3.8) is 0 Å². The van der Waals surface area contributed by atoms with Gasteiger partial charge in [-0.25, -0.2) is 15.0 Å². The summed E-state index contributed by atoms with van der Waals surface area (Å²) in [4.78, 5) is 14.4. The van der Waals surface area contributed by atoms with Crippen LogP contribution in [0.5, 0.6) is 11.5 Å². The Balaban J connectivity index is 1.29. The summed E-state index contributed by atoms with van der Waals surface area (Å²) >= 11 is 0. The van der Waals surface area contributed by atoms with E-state index in [-0.39, 0.29) is 46.2 Å². The Morgan fingerprint density at radius 1 is 0.491 bits per heavy atom. The minimum absolute atomic E-state index is 0.0348. The Kier molecular flexibility index (Phi) is 5.21. The molecule has 1 aromatic heterocycles. The van der Waals surface area contributed by atoms with Gasteiger partial charge in [0.1, 0.15) is 11.5 Å². The molecule has 0 saturated carbocycles. The Bertz CT molecular complexity index is 3380. The van der Waals surface area contributed by atoms with Gasteiger partial charge >= 0.3 is 0 Å². The van der Waals surface area contributed by atoms with E-state index in [1.54, 1.807) is 0 Å². The van der Waals surface area contributed by atoms with Crippen LogP contribution in [0.15, 0.2) is 182 Å². The number of hydrogen-bond donors (Lipinski definition) is 0. The molecule has 1 unspecified atom stereocenters. The molecule has 8 aromatic carbocycles. The molecule has 11 rings (SSSR count). The number of fused-ring (bicyclic) bond motifs is 13. The molecule has 0 saturated heterocycles. The number of benzene rings is 8. The van der Waals surface area contributed by atoms with Gasteiger partial charge in [-0.05, 0) is 63.9 Å². The van der Waals surface area contributed by atoms with Gasteiger partial charge in [0.2, 0.25) is 0 Å². The number of rotatable bonds is 3. The van der Waals surface area contributed by atoms with Gasteiger partial charge in [-0.2, -0.15) is 0 Å². The van der Waals surface area contributed by atoms with Gasteiger partial charge in [0.15, 0.2) is 17.5 Å². The van der Waals surface area contributed by atoms with E-state index in [1.807, 2.05) is 72.8 Å². The second kappa shape index (κ2) is 12.2. The molecule has 0 fully saturated rings. The molecule has 0 N–H and O–H groups in total. The molecule has 4 nitrogen and oxygen atoms in total. The maximum absolute atomic E-state index is 9.06. The predicted molar refractivity (Wildman–Crippen MR) is 221 cm³/mol. The fraction of sp³-hybridized carbons (Fsp3) is 0.0392. The Hall–Kier alpha value is -7.17. The first-order valence-electron chi connectivity index (χ1n) is 22.5. The minimum Gasteiger partial charge on any atom is -0.456 e. The highest BCUT2D eigenvalue weighted by Gasteiger charge is 2.49. The summed E-state index contributed by atoms with van der Waals surface area (Å²) in [5.74, 6) is 0.938. The fourth-order valence-electron chi connectivity index (χ4n) is 8.36. The smallest absolute Gasteiger partial charge is 0.164 e. The van der Waals surface area contributed by atoms with Crippen LogP contribution in [0.3, 0.4) is 0 Å². The molecule has 1 atom stereocenters. The quantitative estimate of drug-likeness (QED) is 0.183. The maximum Gasteiger partial charge on any atom is 0.164 e. The van der Waals surface area contributed by atoms with Gasteiger partial charge in [-0.1, -0.05) is 169 Å². The van der Waals surface area contributed by atoms with Crippen LogP contribution in [-0.4, -0.2) is 15.0 Å². The molecular weight excluding hydrogens is 671 g/mol. The summed E-state index contributed by atoms with van der Waals surface area (Å²) in [5.41, 5.74) is 6.81. The van der Waals surface area contributed by atoms with Gasteiger partial charge in [-0.15, -0.1) is 0 Å². The van der Waals surface area contributed by atoms with E-state index < -0.39 is 47.7 Å². The highest BCUT2D eigenvalue weighted by atomic mass is 16.5. The summed E-state index contributed by atoms with van der Waals surface area (Å²) < 4.78 is 85.1. The maximum atomic E-state index is 9.06. The zero-order valence-corrected chi connectivity index (χ0v) is 29.4. The summed E-state index contributed by atoms with van der Waals surface area (Å²) in [6.07, 6.45) is 0. The monoisotopic (exact) mass is 712 g/mol. The third-order valence-corrected chi connectivity index (χ3v) is 10.6. The van der Waals surface area contributed by atoms with Crippen LogP contribution in [-0.2, 0) is 5.41 Å². The molecule has 0 amide bonds.